The Balaban J connectivity index is 1.40. The number of aromatic nitrogens is 3. The maximum Gasteiger partial charge on any atom is 0.434 e. The van der Waals surface area contributed by atoms with E-state index in [2.05, 4.69) is 20.6 Å². The summed E-state index contributed by atoms with van der Waals surface area (Å²) >= 11 is 0. The number of anilines is 1. The van der Waals surface area contributed by atoms with Crippen molar-refractivity contribution < 1.29 is 23.1 Å². The Morgan fingerprint density at radius 3 is 2.61 bits per heavy atom. The number of hydrogen-bond donors (Lipinski definition) is 3. The zero-order chi connectivity index (χ0) is 22.2. The molecular weight excluding hydrogens is 411 g/mol. The summed E-state index contributed by atoms with van der Waals surface area (Å²) in [5, 5.41) is 16.7. The molecule has 0 saturated heterocycles. The number of alkyl halides is 3. The lowest BCUT2D eigenvalue weighted by Gasteiger charge is -2.37. The summed E-state index contributed by atoms with van der Waals surface area (Å²) in [6, 6.07) is 8.13. The molecule has 1 amide bonds. The highest BCUT2D eigenvalue weighted by Crippen LogP contribution is 2.31. The molecule has 0 spiro atoms. The quantitative estimate of drug-likeness (QED) is 0.548. The second-order valence-electron chi connectivity index (χ2n) is 7.86. The predicted molar refractivity (Wildman–Crippen MR) is 107 cm³/mol. The van der Waals surface area contributed by atoms with Crippen LogP contribution in [0.4, 0.5) is 19.0 Å². The molecule has 1 saturated carbocycles. The number of carbonyl (C=O) groups excluding carboxylic acids is 1. The van der Waals surface area contributed by atoms with Crippen LogP contribution in [0.1, 0.15) is 47.4 Å². The van der Waals surface area contributed by atoms with Crippen LogP contribution in [0.25, 0.3) is 5.65 Å². The van der Waals surface area contributed by atoms with Gasteiger partial charge in [-0.05, 0) is 56.9 Å². The van der Waals surface area contributed by atoms with Crippen LogP contribution in [0.5, 0.6) is 0 Å². The largest absolute Gasteiger partial charge is 0.434 e. The highest BCUT2D eigenvalue weighted by molar-refractivity contribution is 5.94. The Kier molecular flexibility index (Phi) is 5.34. The molecular formula is C21H22F3N5O2. The van der Waals surface area contributed by atoms with Crippen LogP contribution in [-0.2, 0) is 6.18 Å². The summed E-state index contributed by atoms with van der Waals surface area (Å²) in [6.45, 7) is 1.82. The molecule has 3 heterocycles. The van der Waals surface area contributed by atoms with Crippen molar-refractivity contribution in [1.82, 2.24) is 19.7 Å². The van der Waals surface area contributed by atoms with Crippen molar-refractivity contribution in [3.8, 4) is 0 Å². The summed E-state index contributed by atoms with van der Waals surface area (Å²) < 4.78 is 40.3. The van der Waals surface area contributed by atoms with Crippen molar-refractivity contribution in [1.29, 1.82) is 0 Å². The lowest BCUT2D eigenvalue weighted by molar-refractivity contribution is -0.140. The molecule has 1 aliphatic carbocycles. The first-order chi connectivity index (χ1) is 14.6. The van der Waals surface area contributed by atoms with E-state index in [0.29, 0.717) is 37.1 Å². The fraction of sp³-hybridized carbons (Fsp3) is 0.381. The van der Waals surface area contributed by atoms with Crippen LogP contribution < -0.4 is 10.6 Å². The number of fused-ring (bicyclic) bond motifs is 1. The third-order valence-corrected chi connectivity index (χ3v) is 5.47. The SMILES string of the molecule is Cc1ccc(C(=O)NC2(O)CCC(Nc3cccc4nc(C(F)(F)F)cn34)CC2)cn1. The van der Waals surface area contributed by atoms with Crippen LogP contribution in [-0.4, -0.2) is 37.1 Å². The Labute approximate surface area is 176 Å². The van der Waals surface area contributed by atoms with Crippen molar-refractivity contribution in [2.75, 3.05) is 5.32 Å². The van der Waals surface area contributed by atoms with E-state index < -0.39 is 23.5 Å². The van der Waals surface area contributed by atoms with E-state index in [-0.39, 0.29) is 11.7 Å². The van der Waals surface area contributed by atoms with Gasteiger partial charge in [-0.3, -0.25) is 14.2 Å². The lowest BCUT2D eigenvalue weighted by atomic mass is 9.87. The van der Waals surface area contributed by atoms with E-state index in [1.165, 1.54) is 16.7 Å². The third-order valence-electron chi connectivity index (χ3n) is 5.47. The topological polar surface area (TPSA) is 91.5 Å². The first-order valence-electron chi connectivity index (χ1n) is 9.92. The average Bonchev–Trinajstić information content (AvgIpc) is 3.16. The van der Waals surface area contributed by atoms with Crippen LogP contribution in [0.15, 0.2) is 42.7 Å². The molecule has 7 nitrogen and oxygen atoms in total. The normalized spacial score (nSPS) is 21.8. The van der Waals surface area contributed by atoms with E-state index in [1.807, 2.05) is 6.92 Å². The molecule has 0 aliphatic heterocycles. The maximum atomic E-state index is 13.0. The highest BCUT2D eigenvalue weighted by atomic mass is 19.4. The minimum absolute atomic E-state index is 0.0689. The van der Waals surface area contributed by atoms with Gasteiger partial charge in [0, 0.05) is 24.1 Å². The molecule has 31 heavy (non-hydrogen) atoms. The number of imidazole rings is 1. The second kappa shape index (κ2) is 7.84. The van der Waals surface area contributed by atoms with Crippen molar-refractivity contribution in [2.24, 2.45) is 0 Å². The van der Waals surface area contributed by atoms with Crippen molar-refractivity contribution >= 4 is 17.4 Å². The molecule has 3 N–H and O–H groups in total. The van der Waals surface area contributed by atoms with Crippen LogP contribution in [0.3, 0.4) is 0 Å². The molecule has 0 aromatic carbocycles. The van der Waals surface area contributed by atoms with E-state index in [1.54, 1.807) is 24.3 Å². The summed E-state index contributed by atoms with van der Waals surface area (Å²) in [6.07, 6.45) is -0.419. The smallest absolute Gasteiger partial charge is 0.371 e. The molecule has 0 unspecified atom stereocenters. The maximum absolute atomic E-state index is 13.0. The molecule has 0 radical (unpaired) electrons. The number of amides is 1. The van der Waals surface area contributed by atoms with E-state index in [0.717, 1.165) is 11.9 Å². The minimum Gasteiger partial charge on any atom is -0.371 e. The average molecular weight is 433 g/mol. The Morgan fingerprint density at radius 2 is 1.97 bits per heavy atom. The van der Waals surface area contributed by atoms with Crippen LogP contribution >= 0.6 is 0 Å². The van der Waals surface area contributed by atoms with Gasteiger partial charge in [0.25, 0.3) is 5.91 Å². The lowest BCUT2D eigenvalue weighted by Crippen LogP contribution is -2.52. The summed E-state index contributed by atoms with van der Waals surface area (Å²) in [7, 11) is 0. The van der Waals surface area contributed by atoms with Crippen molar-refractivity contribution in [3.05, 3.63) is 59.7 Å². The van der Waals surface area contributed by atoms with Gasteiger partial charge in [-0.1, -0.05) is 6.07 Å². The van der Waals surface area contributed by atoms with Gasteiger partial charge in [-0.15, -0.1) is 0 Å². The molecule has 164 valence electrons. The number of halogens is 3. The monoisotopic (exact) mass is 433 g/mol. The zero-order valence-electron chi connectivity index (χ0n) is 16.8. The van der Waals surface area contributed by atoms with Crippen molar-refractivity contribution in [3.63, 3.8) is 0 Å². The second-order valence-corrected chi connectivity index (χ2v) is 7.86. The third kappa shape index (κ3) is 4.63. The molecule has 1 aliphatic rings. The standard InChI is InChI=1S/C21H22F3N5O2/c1-13-5-6-14(11-25-13)19(30)28-20(31)9-7-15(8-10-20)26-17-3-2-4-18-27-16(12-29(17)18)21(22,23)24/h2-6,11-12,15,26,31H,7-10H2,1H3,(H,28,30). The van der Waals surface area contributed by atoms with Gasteiger partial charge >= 0.3 is 6.18 Å². The molecule has 0 atom stereocenters. The van der Waals surface area contributed by atoms with Gasteiger partial charge in [-0.2, -0.15) is 13.2 Å². The first kappa shape index (κ1) is 21.1. The van der Waals surface area contributed by atoms with Crippen LogP contribution in [0.2, 0.25) is 0 Å². The van der Waals surface area contributed by atoms with E-state index in [9.17, 15) is 23.1 Å². The van der Waals surface area contributed by atoms with Gasteiger partial charge < -0.3 is 15.7 Å². The zero-order valence-corrected chi connectivity index (χ0v) is 16.8. The van der Waals surface area contributed by atoms with Crippen molar-refractivity contribution in [2.45, 2.75) is 50.6 Å². The van der Waals surface area contributed by atoms with Crippen LogP contribution in [0, 0.1) is 6.92 Å². The number of nitrogens with zero attached hydrogens (tertiary/aromatic N) is 3. The highest BCUT2D eigenvalue weighted by Gasteiger charge is 2.36. The minimum atomic E-state index is -4.52. The number of nitrogens with one attached hydrogen (secondary N) is 2. The summed E-state index contributed by atoms with van der Waals surface area (Å²) in [4.78, 5) is 20.1. The molecule has 10 heteroatoms. The first-order valence-corrected chi connectivity index (χ1v) is 9.92. The van der Waals surface area contributed by atoms with Gasteiger partial charge in [0.1, 0.15) is 17.2 Å². The molecule has 4 rings (SSSR count). The fourth-order valence-electron chi connectivity index (χ4n) is 3.72. The molecule has 3 aromatic heterocycles. The fourth-order valence-corrected chi connectivity index (χ4v) is 3.72. The van der Waals surface area contributed by atoms with E-state index in [4.69, 9.17) is 0 Å². The summed E-state index contributed by atoms with van der Waals surface area (Å²) in [5.74, 6) is 0.0926. The number of hydrogen-bond acceptors (Lipinski definition) is 5. The van der Waals surface area contributed by atoms with Gasteiger partial charge in [0.05, 0.1) is 5.56 Å². The predicted octanol–water partition coefficient (Wildman–Crippen LogP) is 3.53. The molecule has 1 fully saturated rings. The van der Waals surface area contributed by atoms with E-state index >= 15 is 0 Å². The molecule has 0 bridgehead atoms. The van der Waals surface area contributed by atoms with Gasteiger partial charge in [0.15, 0.2) is 5.69 Å². The number of rotatable bonds is 4. The number of pyridine rings is 2. The number of aryl methyl sites for hydroxylation is 1. The number of aliphatic hydroxyl groups is 1. The Bertz CT molecular complexity index is 1090. The Hall–Kier alpha value is -3.14. The summed E-state index contributed by atoms with van der Waals surface area (Å²) in [5.41, 5.74) is -0.940. The van der Waals surface area contributed by atoms with Gasteiger partial charge in [-0.25, -0.2) is 4.98 Å². The van der Waals surface area contributed by atoms with Gasteiger partial charge in [0.2, 0.25) is 0 Å². The molecule has 3 aromatic rings. The Morgan fingerprint density at radius 1 is 1.23 bits per heavy atom. The number of carbonyl (C=O) groups is 1.